The number of hydrogen-bond acceptors (Lipinski definition) is 4. The first-order chi connectivity index (χ1) is 9.79. The molecule has 4 nitrogen and oxygen atoms in total. The molecule has 0 aliphatic carbocycles. The van der Waals surface area contributed by atoms with Crippen LogP contribution in [0.4, 0.5) is 0 Å². The SMILES string of the molecule is COC(=O)C1CCN1CCc1cccc2cccnc12. The Bertz CT molecular complexity index is 621. The van der Waals surface area contributed by atoms with Crippen LogP contribution in [0.15, 0.2) is 36.5 Å². The average molecular weight is 270 g/mol. The van der Waals surface area contributed by atoms with Crippen molar-refractivity contribution in [1.29, 1.82) is 0 Å². The summed E-state index contributed by atoms with van der Waals surface area (Å²) in [6, 6.07) is 10.2. The van der Waals surface area contributed by atoms with Crippen molar-refractivity contribution in [1.82, 2.24) is 9.88 Å². The van der Waals surface area contributed by atoms with Gasteiger partial charge in [0, 0.05) is 24.7 Å². The number of esters is 1. The lowest BCUT2D eigenvalue weighted by atomic mass is 10.0. The van der Waals surface area contributed by atoms with Gasteiger partial charge >= 0.3 is 5.97 Å². The van der Waals surface area contributed by atoms with E-state index in [0.29, 0.717) is 0 Å². The Hall–Kier alpha value is -1.94. The Kier molecular flexibility index (Phi) is 3.65. The molecular formula is C16H18N2O2. The van der Waals surface area contributed by atoms with E-state index in [2.05, 4.69) is 34.1 Å². The maximum absolute atomic E-state index is 11.6. The molecule has 1 saturated heterocycles. The third-order valence-electron chi connectivity index (χ3n) is 3.99. The maximum Gasteiger partial charge on any atom is 0.323 e. The van der Waals surface area contributed by atoms with E-state index in [1.807, 2.05) is 12.3 Å². The number of para-hydroxylation sites is 1. The zero-order chi connectivity index (χ0) is 13.9. The topological polar surface area (TPSA) is 42.4 Å². The van der Waals surface area contributed by atoms with Crippen molar-refractivity contribution in [3.63, 3.8) is 0 Å². The van der Waals surface area contributed by atoms with Crippen LogP contribution in [0.5, 0.6) is 0 Å². The molecule has 0 spiro atoms. The van der Waals surface area contributed by atoms with Crippen molar-refractivity contribution in [3.05, 3.63) is 42.1 Å². The molecular weight excluding hydrogens is 252 g/mol. The molecule has 2 heterocycles. The summed E-state index contributed by atoms with van der Waals surface area (Å²) < 4.78 is 4.81. The van der Waals surface area contributed by atoms with Crippen LogP contribution in [0.2, 0.25) is 0 Å². The summed E-state index contributed by atoms with van der Waals surface area (Å²) in [6.07, 6.45) is 3.63. The molecule has 0 amide bonds. The number of nitrogens with zero attached hydrogens (tertiary/aromatic N) is 2. The Morgan fingerprint density at radius 1 is 1.40 bits per heavy atom. The van der Waals surface area contributed by atoms with Gasteiger partial charge in [-0.25, -0.2) is 0 Å². The number of hydrogen-bond donors (Lipinski definition) is 0. The molecule has 0 bridgehead atoms. The van der Waals surface area contributed by atoms with Crippen molar-refractivity contribution in [3.8, 4) is 0 Å². The normalized spacial score (nSPS) is 18.8. The summed E-state index contributed by atoms with van der Waals surface area (Å²) in [6.45, 7) is 1.84. The van der Waals surface area contributed by atoms with Crippen LogP contribution in [0.25, 0.3) is 10.9 Å². The molecule has 1 atom stereocenters. The maximum atomic E-state index is 11.6. The summed E-state index contributed by atoms with van der Waals surface area (Å²) in [7, 11) is 1.45. The molecule has 4 heteroatoms. The molecule has 1 unspecified atom stereocenters. The Morgan fingerprint density at radius 3 is 3.00 bits per heavy atom. The average Bonchev–Trinajstić information content (AvgIpc) is 2.46. The van der Waals surface area contributed by atoms with Crippen LogP contribution >= 0.6 is 0 Å². The predicted octanol–water partition coefficient (Wildman–Crippen LogP) is 2.02. The van der Waals surface area contributed by atoms with Gasteiger partial charge in [-0.05, 0) is 24.5 Å². The van der Waals surface area contributed by atoms with Gasteiger partial charge in [0.05, 0.1) is 12.6 Å². The van der Waals surface area contributed by atoms with Crippen LogP contribution in [0, 0.1) is 0 Å². The lowest BCUT2D eigenvalue weighted by Crippen LogP contribution is -2.53. The van der Waals surface area contributed by atoms with Gasteiger partial charge < -0.3 is 4.74 Å². The summed E-state index contributed by atoms with van der Waals surface area (Å²) in [5.74, 6) is -0.118. The summed E-state index contributed by atoms with van der Waals surface area (Å²) in [5.41, 5.74) is 2.30. The van der Waals surface area contributed by atoms with Crippen molar-refractivity contribution in [2.75, 3.05) is 20.2 Å². The summed E-state index contributed by atoms with van der Waals surface area (Å²) in [5, 5.41) is 1.16. The van der Waals surface area contributed by atoms with E-state index < -0.39 is 0 Å². The fraction of sp³-hybridized carbons (Fsp3) is 0.375. The van der Waals surface area contributed by atoms with Gasteiger partial charge in [-0.15, -0.1) is 0 Å². The van der Waals surface area contributed by atoms with E-state index in [-0.39, 0.29) is 12.0 Å². The highest BCUT2D eigenvalue weighted by molar-refractivity contribution is 5.81. The lowest BCUT2D eigenvalue weighted by molar-refractivity contribution is -0.151. The molecule has 1 aromatic heterocycles. The number of fused-ring (bicyclic) bond motifs is 1. The molecule has 1 aromatic carbocycles. The summed E-state index contributed by atoms with van der Waals surface area (Å²) in [4.78, 5) is 18.2. The van der Waals surface area contributed by atoms with Gasteiger partial charge in [-0.3, -0.25) is 14.7 Å². The van der Waals surface area contributed by atoms with E-state index in [9.17, 15) is 4.79 Å². The van der Waals surface area contributed by atoms with Crippen molar-refractivity contribution >= 4 is 16.9 Å². The van der Waals surface area contributed by atoms with E-state index in [1.54, 1.807) is 0 Å². The van der Waals surface area contributed by atoms with Crippen LogP contribution in [0.3, 0.4) is 0 Å². The number of pyridine rings is 1. The first kappa shape index (κ1) is 13.1. The minimum absolute atomic E-state index is 0.0528. The minimum Gasteiger partial charge on any atom is -0.468 e. The number of carbonyl (C=O) groups excluding carboxylic acids is 1. The van der Waals surface area contributed by atoms with E-state index in [1.165, 1.54) is 12.7 Å². The van der Waals surface area contributed by atoms with Gasteiger partial charge in [-0.1, -0.05) is 24.3 Å². The molecule has 1 fully saturated rings. The number of carbonyl (C=O) groups is 1. The quantitative estimate of drug-likeness (QED) is 0.797. The standard InChI is InChI=1S/C16H18N2O2/c1-20-16(19)14-8-11-18(14)10-7-13-5-2-4-12-6-3-9-17-15(12)13/h2-6,9,14H,7-8,10-11H2,1H3. The monoisotopic (exact) mass is 270 g/mol. The Balaban J connectivity index is 1.70. The van der Waals surface area contributed by atoms with E-state index in [4.69, 9.17) is 4.74 Å². The third kappa shape index (κ3) is 2.39. The van der Waals surface area contributed by atoms with Gasteiger partial charge in [0.25, 0.3) is 0 Å². The van der Waals surface area contributed by atoms with Crippen molar-refractivity contribution < 1.29 is 9.53 Å². The highest BCUT2D eigenvalue weighted by atomic mass is 16.5. The molecule has 3 rings (SSSR count). The zero-order valence-electron chi connectivity index (χ0n) is 11.6. The first-order valence-corrected chi connectivity index (χ1v) is 6.94. The number of aromatic nitrogens is 1. The van der Waals surface area contributed by atoms with E-state index >= 15 is 0 Å². The largest absolute Gasteiger partial charge is 0.468 e. The second-order valence-corrected chi connectivity index (χ2v) is 5.11. The molecule has 0 saturated carbocycles. The van der Waals surface area contributed by atoms with Crippen LogP contribution in [0.1, 0.15) is 12.0 Å². The van der Waals surface area contributed by atoms with Crippen molar-refractivity contribution in [2.24, 2.45) is 0 Å². The minimum atomic E-state index is -0.118. The second-order valence-electron chi connectivity index (χ2n) is 5.11. The van der Waals surface area contributed by atoms with Crippen LogP contribution < -0.4 is 0 Å². The highest BCUT2D eigenvalue weighted by Crippen LogP contribution is 2.21. The Morgan fingerprint density at radius 2 is 2.25 bits per heavy atom. The fourth-order valence-corrected chi connectivity index (χ4v) is 2.74. The predicted molar refractivity (Wildman–Crippen MR) is 77.4 cm³/mol. The van der Waals surface area contributed by atoms with Crippen LogP contribution in [-0.4, -0.2) is 42.1 Å². The smallest absolute Gasteiger partial charge is 0.323 e. The molecule has 104 valence electrons. The van der Waals surface area contributed by atoms with Gasteiger partial charge in [0.2, 0.25) is 0 Å². The van der Waals surface area contributed by atoms with Gasteiger partial charge in [0.15, 0.2) is 0 Å². The van der Waals surface area contributed by atoms with Crippen LogP contribution in [-0.2, 0) is 16.0 Å². The first-order valence-electron chi connectivity index (χ1n) is 6.94. The Labute approximate surface area is 118 Å². The molecule has 1 aliphatic heterocycles. The lowest BCUT2D eigenvalue weighted by Gasteiger charge is -2.38. The fourth-order valence-electron chi connectivity index (χ4n) is 2.74. The summed E-state index contributed by atoms with van der Waals surface area (Å²) >= 11 is 0. The second kappa shape index (κ2) is 5.59. The molecule has 20 heavy (non-hydrogen) atoms. The number of methoxy groups -OCH3 is 1. The highest BCUT2D eigenvalue weighted by Gasteiger charge is 2.34. The molecule has 0 N–H and O–H groups in total. The number of benzene rings is 1. The van der Waals surface area contributed by atoms with E-state index in [0.717, 1.165) is 36.8 Å². The van der Waals surface area contributed by atoms with Gasteiger partial charge in [0.1, 0.15) is 6.04 Å². The molecule has 0 radical (unpaired) electrons. The van der Waals surface area contributed by atoms with Crippen molar-refractivity contribution in [2.45, 2.75) is 18.9 Å². The number of ether oxygens (including phenoxy) is 1. The molecule has 2 aromatic rings. The zero-order valence-corrected chi connectivity index (χ0v) is 11.6. The third-order valence-corrected chi connectivity index (χ3v) is 3.99. The molecule has 1 aliphatic rings. The number of likely N-dealkylation sites (tertiary alicyclic amines) is 1. The number of rotatable bonds is 4. The van der Waals surface area contributed by atoms with Gasteiger partial charge in [-0.2, -0.15) is 0 Å².